The first-order valence-corrected chi connectivity index (χ1v) is 4.98. The lowest BCUT2D eigenvalue weighted by atomic mass is 10.2. The van der Waals surface area contributed by atoms with Crippen molar-refractivity contribution in [2.75, 3.05) is 26.3 Å². The molecule has 0 aromatic carbocycles. The highest BCUT2D eigenvalue weighted by Crippen LogP contribution is 2.21. The van der Waals surface area contributed by atoms with E-state index in [1.165, 1.54) is 0 Å². The van der Waals surface area contributed by atoms with Crippen LogP contribution in [-0.2, 0) is 4.74 Å². The third-order valence-corrected chi connectivity index (χ3v) is 1.38. The van der Waals surface area contributed by atoms with Crippen molar-refractivity contribution >= 4 is 0 Å². The molecule has 0 unspecified atom stereocenters. The van der Waals surface area contributed by atoms with Gasteiger partial charge in [0.25, 0.3) is 5.92 Å². The van der Waals surface area contributed by atoms with Crippen LogP contribution in [0.3, 0.4) is 0 Å². The van der Waals surface area contributed by atoms with E-state index in [1.807, 2.05) is 13.8 Å². The van der Waals surface area contributed by atoms with Crippen LogP contribution in [-0.4, -0.2) is 32.2 Å². The van der Waals surface area contributed by atoms with Gasteiger partial charge >= 0.3 is 0 Å². The average Bonchev–Trinajstić information content (AvgIpc) is 2.16. The van der Waals surface area contributed by atoms with Gasteiger partial charge in [0.2, 0.25) is 0 Å². The molecule has 0 rings (SSSR count). The van der Waals surface area contributed by atoms with Crippen LogP contribution in [0.4, 0.5) is 8.78 Å². The first-order chi connectivity index (χ1) is 6.62. The Labute approximate surface area is 84.8 Å². The highest BCUT2D eigenvalue weighted by molar-refractivity contribution is 4.65. The van der Waals surface area contributed by atoms with Crippen LogP contribution >= 0.6 is 0 Å². The van der Waals surface area contributed by atoms with Crippen LogP contribution in [0.5, 0.6) is 0 Å². The zero-order chi connectivity index (χ0) is 11.4. The predicted octanol–water partition coefficient (Wildman–Crippen LogP) is 1.36. The molecule has 0 bridgehead atoms. The SMILES string of the molecule is CC.NCCOCCC(F)(F)CCN. The molecule has 5 heteroatoms. The number of hydrogen-bond acceptors (Lipinski definition) is 3. The summed E-state index contributed by atoms with van der Waals surface area (Å²) in [7, 11) is 0. The Morgan fingerprint density at radius 2 is 1.57 bits per heavy atom. The van der Waals surface area contributed by atoms with Gasteiger partial charge in [0, 0.05) is 19.4 Å². The molecule has 3 nitrogen and oxygen atoms in total. The lowest BCUT2D eigenvalue weighted by Crippen LogP contribution is -2.23. The number of alkyl halides is 2. The Kier molecular flexibility index (Phi) is 12.5. The summed E-state index contributed by atoms with van der Waals surface area (Å²) in [5.74, 6) is -2.69. The van der Waals surface area contributed by atoms with E-state index in [2.05, 4.69) is 0 Å². The van der Waals surface area contributed by atoms with Gasteiger partial charge < -0.3 is 16.2 Å². The van der Waals surface area contributed by atoms with Gasteiger partial charge in [0.1, 0.15) is 0 Å². The van der Waals surface area contributed by atoms with Crippen LogP contribution in [0.15, 0.2) is 0 Å². The van der Waals surface area contributed by atoms with E-state index in [9.17, 15) is 8.78 Å². The molecule has 0 heterocycles. The van der Waals surface area contributed by atoms with Crippen molar-refractivity contribution in [2.24, 2.45) is 11.5 Å². The second-order valence-electron chi connectivity index (χ2n) is 2.55. The highest BCUT2D eigenvalue weighted by Gasteiger charge is 2.26. The van der Waals surface area contributed by atoms with E-state index in [4.69, 9.17) is 16.2 Å². The van der Waals surface area contributed by atoms with Gasteiger partial charge in [-0.2, -0.15) is 0 Å². The minimum absolute atomic E-state index is 0.00386. The standard InChI is InChI=1S/C7H16F2N2O.C2H6/c8-7(9,1-3-10)2-5-12-6-4-11;1-2/h1-6,10-11H2;1-2H3. The van der Waals surface area contributed by atoms with E-state index in [1.54, 1.807) is 0 Å². The lowest BCUT2D eigenvalue weighted by Gasteiger charge is -2.14. The Morgan fingerprint density at radius 3 is 2.00 bits per heavy atom. The lowest BCUT2D eigenvalue weighted by molar-refractivity contribution is -0.0369. The van der Waals surface area contributed by atoms with Gasteiger partial charge in [-0.25, -0.2) is 8.78 Å². The average molecular weight is 212 g/mol. The van der Waals surface area contributed by atoms with Crippen molar-refractivity contribution in [1.29, 1.82) is 0 Å². The molecule has 0 fully saturated rings. The molecule has 4 N–H and O–H groups in total. The molecule has 0 atom stereocenters. The number of rotatable bonds is 7. The summed E-state index contributed by atoms with van der Waals surface area (Å²) in [6.07, 6.45) is -0.552. The van der Waals surface area contributed by atoms with E-state index in [0.29, 0.717) is 13.2 Å². The Morgan fingerprint density at radius 1 is 1.00 bits per heavy atom. The fraction of sp³-hybridized carbons (Fsp3) is 1.00. The molecule has 0 spiro atoms. The summed E-state index contributed by atoms with van der Waals surface area (Å²) in [6.45, 7) is 4.75. The molecule has 0 aliphatic rings. The van der Waals surface area contributed by atoms with Gasteiger partial charge in [-0.3, -0.25) is 0 Å². The summed E-state index contributed by atoms with van der Waals surface area (Å²) >= 11 is 0. The summed E-state index contributed by atoms with van der Waals surface area (Å²) in [5, 5.41) is 0. The third-order valence-electron chi connectivity index (χ3n) is 1.38. The number of hydrogen-bond donors (Lipinski definition) is 2. The van der Waals surface area contributed by atoms with Gasteiger partial charge in [-0.15, -0.1) is 0 Å². The fourth-order valence-electron chi connectivity index (χ4n) is 0.743. The summed E-state index contributed by atoms with van der Waals surface area (Å²) < 4.78 is 30.1. The second kappa shape index (κ2) is 10.8. The van der Waals surface area contributed by atoms with Crippen molar-refractivity contribution in [1.82, 2.24) is 0 Å². The fourth-order valence-corrected chi connectivity index (χ4v) is 0.743. The van der Waals surface area contributed by atoms with Crippen LogP contribution < -0.4 is 11.5 Å². The zero-order valence-corrected chi connectivity index (χ0v) is 9.06. The van der Waals surface area contributed by atoms with E-state index < -0.39 is 5.92 Å². The number of ether oxygens (including phenoxy) is 1. The first-order valence-electron chi connectivity index (χ1n) is 4.98. The number of nitrogens with two attached hydrogens (primary N) is 2. The Balaban J connectivity index is 0. The minimum Gasteiger partial charge on any atom is -0.380 e. The van der Waals surface area contributed by atoms with Crippen molar-refractivity contribution in [3.8, 4) is 0 Å². The van der Waals surface area contributed by atoms with Crippen LogP contribution in [0, 0.1) is 0 Å². The molecule has 0 saturated heterocycles. The smallest absolute Gasteiger partial charge is 0.251 e. The minimum atomic E-state index is -2.69. The van der Waals surface area contributed by atoms with Gasteiger partial charge in [-0.1, -0.05) is 13.8 Å². The summed E-state index contributed by atoms with van der Waals surface area (Å²) in [6, 6.07) is 0. The number of halogens is 2. The normalized spacial score (nSPS) is 10.7. The van der Waals surface area contributed by atoms with Crippen molar-refractivity contribution in [3.05, 3.63) is 0 Å². The van der Waals surface area contributed by atoms with E-state index >= 15 is 0 Å². The largest absolute Gasteiger partial charge is 0.380 e. The monoisotopic (exact) mass is 212 g/mol. The second-order valence-corrected chi connectivity index (χ2v) is 2.55. The molecule has 14 heavy (non-hydrogen) atoms. The molecule has 0 aromatic heterocycles. The van der Waals surface area contributed by atoms with Crippen molar-refractivity contribution in [2.45, 2.75) is 32.6 Å². The maximum absolute atomic E-state index is 12.7. The van der Waals surface area contributed by atoms with Crippen LogP contribution in [0.1, 0.15) is 26.7 Å². The maximum atomic E-state index is 12.7. The quantitative estimate of drug-likeness (QED) is 0.626. The van der Waals surface area contributed by atoms with Gasteiger partial charge in [0.05, 0.1) is 13.2 Å². The Hall–Kier alpha value is -0.260. The highest BCUT2D eigenvalue weighted by atomic mass is 19.3. The van der Waals surface area contributed by atoms with Gasteiger partial charge in [-0.05, 0) is 6.54 Å². The predicted molar refractivity (Wildman–Crippen MR) is 54.5 cm³/mol. The molecular weight excluding hydrogens is 190 g/mol. The molecule has 0 amide bonds. The molecule has 0 radical (unpaired) electrons. The maximum Gasteiger partial charge on any atom is 0.251 e. The first kappa shape index (κ1) is 16.2. The molecular formula is C9H22F2N2O. The van der Waals surface area contributed by atoms with E-state index in [-0.39, 0.29) is 26.0 Å². The molecule has 88 valence electrons. The third kappa shape index (κ3) is 11.7. The molecule has 0 aliphatic heterocycles. The van der Waals surface area contributed by atoms with Crippen LogP contribution in [0.2, 0.25) is 0 Å². The molecule has 0 aliphatic carbocycles. The molecule has 0 saturated carbocycles. The zero-order valence-electron chi connectivity index (χ0n) is 9.06. The van der Waals surface area contributed by atoms with Crippen molar-refractivity contribution in [3.63, 3.8) is 0 Å². The topological polar surface area (TPSA) is 61.3 Å². The van der Waals surface area contributed by atoms with E-state index in [0.717, 1.165) is 0 Å². The van der Waals surface area contributed by atoms with Crippen LogP contribution in [0.25, 0.3) is 0 Å². The summed E-state index contributed by atoms with van der Waals surface area (Å²) in [5.41, 5.74) is 10.1. The summed E-state index contributed by atoms with van der Waals surface area (Å²) in [4.78, 5) is 0. The molecule has 0 aromatic rings. The van der Waals surface area contributed by atoms with Crippen molar-refractivity contribution < 1.29 is 13.5 Å². The van der Waals surface area contributed by atoms with Gasteiger partial charge in [0.15, 0.2) is 0 Å². The Bertz CT molecular complexity index is 113.